The van der Waals surface area contributed by atoms with Crippen molar-refractivity contribution < 1.29 is 5.11 Å². The van der Waals surface area contributed by atoms with Crippen molar-refractivity contribution in [2.24, 2.45) is 5.41 Å². The zero-order valence-corrected chi connectivity index (χ0v) is 13.4. The van der Waals surface area contributed by atoms with Gasteiger partial charge in [0.05, 0.1) is 5.69 Å². The highest BCUT2D eigenvalue weighted by molar-refractivity contribution is 5.85. The molecule has 0 aliphatic heterocycles. The summed E-state index contributed by atoms with van der Waals surface area (Å²) in [4.78, 5) is 4.42. The van der Waals surface area contributed by atoms with Gasteiger partial charge in [-0.1, -0.05) is 59.7 Å². The minimum absolute atomic E-state index is 0.125. The Hall–Kier alpha value is -1.41. The molecule has 2 rings (SSSR count). The van der Waals surface area contributed by atoms with Gasteiger partial charge in [-0.25, -0.2) is 0 Å². The molecule has 2 heteroatoms. The topological polar surface area (TPSA) is 33.1 Å². The lowest BCUT2D eigenvalue weighted by molar-refractivity contribution is 0.0603. The summed E-state index contributed by atoms with van der Waals surface area (Å²) < 4.78 is 0. The number of hydrogen-bond acceptors (Lipinski definition) is 2. The van der Waals surface area contributed by atoms with E-state index in [1.165, 1.54) is 5.56 Å². The van der Waals surface area contributed by atoms with Gasteiger partial charge in [0.15, 0.2) is 0 Å². The van der Waals surface area contributed by atoms with Crippen LogP contribution in [0.4, 0.5) is 0 Å². The monoisotopic (exact) mass is 271 g/mol. The normalized spacial score (nSPS) is 14.6. The van der Waals surface area contributed by atoms with E-state index in [4.69, 9.17) is 0 Å². The third-order valence-electron chi connectivity index (χ3n) is 3.74. The summed E-state index contributed by atoms with van der Waals surface area (Å²) in [5, 5.41) is 12.7. The van der Waals surface area contributed by atoms with Crippen LogP contribution >= 0.6 is 0 Å². The third-order valence-corrected chi connectivity index (χ3v) is 3.74. The summed E-state index contributed by atoms with van der Waals surface area (Å²) in [6.45, 7) is 12.7. The van der Waals surface area contributed by atoms with Crippen LogP contribution in [0.25, 0.3) is 10.8 Å². The van der Waals surface area contributed by atoms with Crippen molar-refractivity contribution in [2.45, 2.75) is 53.1 Å². The quantitative estimate of drug-likeness (QED) is 0.821. The van der Waals surface area contributed by atoms with E-state index < -0.39 is 6.10 Å². The zero-order valence-electron chi connectivity index (χ0n) is 13.4. The minimum atomic E-state index is -0.563. The maximum atomic E-state index is 10.5. The number of nitrogens with zero attached hydrogens (tertiary/aromatic N) is 1. The molecule has 0 aliphatic carbocycles. The Bertz CT molecular complexity index is 617. The first kappa shape index (κ1) is 15.0. The molecule has 0 fully saturated rings. The van der Waals surface area contributed by atoms with Gasteiger partial charge in [-0.2, -0.15) is 0 Å². The maximum absolute atomic E-state index is 10.5. The van der Waals surface area contributed by atoms with Gasteiger partial charge < -0.3 is 5.11 Å². The van der Waals surface area contributed by atoms with Gasteiger partial charge in [0.25, 0.3) is 0 Å². The van der Waals surface area contributed by atoms with Crippen LogP contribution in [0.3, 0.4) is 0 Å². The van der Waals surface area contributed by atoms with E-state index in [1.54, 1.807) is 6.20 Å². The second kappa shape index (κ2) is 4.85. The Labute approximate surface area is 121 Å². The Kier molecular flexibility index (Phi) is 3.64. The number of pyridine rings is 1. The van der Waals surface area contributed by atoms with E-state index in [2.05, 4.69) is 44.0 Å². The number of rotatable bonds is 1. The first-order chi connectivity index (χ1) is 9.10. The molecule has 0 radical (unpaired) electrons. The number of aliphatic hydroxyl groups excluding tert-OH is 1. The zero-order chi connectivity index (χ0) is 15.1. The standard InChI is InChI=1S/C18H25NO/c1-17(2,3)13-7-8-14-12(11-13)9-10-19-15(14)16(20)18(4,5)6/h7-11,16,20H,1-6H3. The van der Waals surface area contributed by atoms with Crippen LogP contribution < -0.4 is 0 Å². The summed E-state index contributed by atoms with van der Waals surface area (Å²) >= 11 is 0. The van der Waals surface area contributed by atoms with Crippen molar-refractivity contribution in [1.82, 2.24) is 4.98 Å². The highest BCUT2D eigenvalue weighted by atomic mass is 16.3. The third kappa shape index (κ3) is 2.85. The van der Waals surface area contributed by atoms with Crippen molar-refractivity contribution in [2.75, 3.05) is 0 Å². The molecule has 2 aromatic rings. The molecule has 0 amide bonds. The number of aliphatic hydroxyl groups is 1. The Morgan fingerprint density at radius 1 is 1.00 bits per heavy atom. The van der Waals surface area contributed by atoms with E-state index in [-0.39, 0.29) is 10.8 Å². The highest BCUT2D eigenvalue weighted by Gasteiger charge is 2.26. The number of benzene rings is 1. The first-order valence-electron chi connectivity index (χ1n) is 7.18. The Morgan fingerprint density at radius 3 is 2.20 bits per heavy atom. The van der Waals surface area contributed by atoms with Gasteiger partial charge in [-0.15, -0.1) is 0 Å². The van der Waals surface area contributed by atoms with Crippen LogP contribution in [0.15, 0.2) is 30.5 Å². The molecule has 2 nitrogen and oxygen atoms in total. The Morgan fingerprint density at radius 2 is 1.65 bits per heavy atom. The van der Waals surface area contributed by atoms with Gasteiger partial charge >= 0.3 is 0 Å². The van der Waals surface area contributed by atoms with E-state index in [0.717, 1.165) is 16.5 Å². The summed E-state index contributed by atoms with van der Waals surface area (Å²) in [6, 6.07) is 8.45. The molecule has 0 spiro atoms. The largest absolute Gasteiger partial charge is 0.386 e. The second-order valence-electron chi connectivity index (χ2n) is 7.65. The van der Waals surface area contributed by atoms with Crippen molar-refractivity contribution in [3.05, 3.63) is 41.7 Å². The van der Waals surface area contributed by atoms with Gasteiger partial charge in [-0.05, 0) is 27.8 Å². The van der Waals surface area contributed by atoms with Crippen molar-refractivity contribution >= 4 is 10.8 Å². The van der Waals surface area contributed by atoms with Crippen LogP contribution in [-0.2, 0) is 5.41 Å². The predicted octanol–water partition coefficient (Wildman–Crippen LogP) is 4.61. The number of hydrogen-bond donors (Lipinski definition) is 1. The smallest absolute Gasteiger partial charge is 0.101 e. The van der Waals surface area contributed by atoms with Crippen molar-refractivity contribution in [3.63, 3.8) is 0 Å². The molecule has 1 atom stereocenters. The average Bonchev–Trinajstić information content (AvgIpc) is 2.34. The molecule has 1 heterocycles. The molecule has 108 valence electrons. The summed E-state index contributed by atoms with van der Waals surface area (Å²) in [7, 11) is 0. The molecule has 1 N–H and O–H groups in total. The number of fused-ring (bicyclic) bond motifs is 1. The predicted molar refractivity (Wildman–Crippen MR) is 84.9 cm³/mol. The van der Waals surface area contributed by atoms with Crippen LogP contribution in [0, 0.1) is 5.41 Å². The lowest BCUT2D eigenvalue weighted by Crippen LogP contribution is -2.19. The summed E-state index contributed by atoms with van der Waals surface area (Å²) in [5.41, 5.74) is 1.98. The molecule has 1 aromatic carbocycles. The summed E-state index contributed by atoms with van der Waals surface area (Å²) in [5.74, 6) is 0. The maximum Gasteiger partial charge on any atom is 0.101 e. The first-order valence-corrected chi connectivity index (χ1v) is 7.18. The van der Waals surface area contributed by atoms with Gasteiger partial charge in [-0.3, -0.25) is 4.98 Å². The molecular formula is C18H25NO. The van der Waals surface area contributed by atoms with Crippen LogP contribution in [0.2, 0.25) is 0 Å². The molecule has 20 heavy (non-hydrogen) atoms. The molecule has 0 saturated heterocycles. The molecule has 0 saturated carbocycles. The van der Waals surface area contributed by atoms with Gasteiger partial charge in [0.1, 0.15) is 6.10 Å². The fourth-order valence-electron chi connectivity index (χ4n) is 2.30. The fraction of sp³-hybridized carbons (Fsp3) is 0.500. The van der Waals surface area contributed by atoms with Crippen LogP contribution in [0.5, 0.6) is 0 Å². The SMILES string of the molecule is CC(C)(C)c1ccc2c(C(O)C(C)(C)C)nccc2c1. The van der Waals surface area contributed by atoms with E-state index in [1.807, 2.05) is 26.8 Å². The van der Waals surface area contributed by atoms with Crippen LogP contribution in [0.1, 0.15) is 58.9 Å². The molecule has 0 bridgehead atoms. The van der Waals surface area contributed by atoms with Crippen molar-refractivity contribution in [3.8, 4) is 0 Å². The van der Waals surface area contributed by atoms with Crippen LogP contribution in [-0.4, -0.2) is 10.1 Å². The van der Waals surface area contributed by atoms with E-state index in [0.29, 0.717) is 0 Å². The second-order valence-corrected chi connectivity index (χ2v) is 7.65. The fourth-order valence-corrected chi connectivity index (χ4v) is 2.30. The van der Waals surface area contributed by atoms with E-state index >= 15 is 0 Å². The van der Waals surface area contributed by atoms with E-state index in [9.17, 15) is 5.11 Å². The minimum Gasteiger partial charge on any atom is -0.386 e. The number of aromatic nitrogens is 1. The molecule has 1 aromatic heterocycles. The molecule has 0 aliphatic rings. The molecular weight excluding hydrogens is 246 g/mol. The molecule has 1 unspecified atom stereocenters. The lowest BCUT2D eigenvalue weighted by atomic mass is 9.83. The average molecular weight is 271 g/mol. The highest BCUT2D eigenvalue weighted by Crippen LogP contribution is 2.36. The van der Waals surface area contributed by atoms with Gasteiger partial charge in [0.2, 0.25) is 0 Å². The lowest BCUT2D eigenvalue weighted by Gasteiger charge is -2.26. The Balaban J connectivity index is 2.60. The van der Waals surface area contributed by atoms with Gasteiger partial charge in [0, 0.05) is 11.6 Å². The van der Waals surface area contributed by atoms with Crippen molar-refractivity contribution in [1.29, 1.82) is 0 Å². The summed E-state index contributed by atoms with van der Waals surface area (Å²) in [6.07, 6.45) is 1.23.